The largest absolute Gasteiger partial charge is 0.378 e. The van der Waals surface area contributed by atoms with Crippen LogP contribution in [0.15, 0.2) is 35.9 Å². The predicted molar refractivity (Wildman–Crippen MR) is 126 cm³/mol. The summed E-state index contributed by atoms with van der Waals surface area (Å²) in [6.07, 6.45) is 4.32. The number of aryl methyl sites for hydroxylation is 1. The molecule has 0 bridgehead atoms. The first kappa shape index (κ1) is 23.6. The van der Waals surface area contributed by atoms with Gasteiger partial charge in [-0.05, 0) is 37.8 Å². The fourth-order valence-electron chi connectivity index (χ4n) is 4.88. The molecule has 0 atom stereocenters. The van der Waals surface area contributed by atoms with E-state index in [1.165, 1.54) is 5.56 Å². The Morgan fingerprint density at radius 3 is 2.18 bits per heavy atom. The van der Waals surface area contributed by atoms with Gasteiger partial charge in [0.05, 0.1) is 18.8 Å². The van der Waals surface area contributed by atoms with E-state index in [-0.39, 0.29) is 23.5 Å². The molecule has 7 heteroatoms. The number of unbranched alkanes of at least 4 members (excludes halogenated alkanes) is 1. The number of nitrogens with zero attached hydrogens (tertiary/aromatic N) is 3. The summed E-state index contributed by atoms with van der Waals surface area (Å²) in [4.78, 5) is 44.0. The van der Waals surface area contributed by atoms with Crippen LogP contribution in [0.2, 0.25) is 0 Å². The van der Waals surface area contributed by atoms with Crippen LogP contribution in [0.25, 0.3) is 0 Å². The lowest BCUT2D eigenvalue weighted by Crippen LogP contribution is -2.54. The monoisotopic (exact) mass is 453 g/mol. The topological polar surface area (TPSA) is 70.2 Å². The second kappa shape index (κ2) is 11.1. The molecule has 2 heterocycles. The summed E-state index contributed by atoms with van der Waals surface area (Å²) in [5.74, 6) is -0.0432. The molecule has 2 saturated heterocycles. The van der Waals surface area contributed by atoms with Gasteiger partial charge in [-0.3, -0.25) is 14.5 Å². The van der Waals surface area contributed by atoms with Crippen LogP contribution in [-0.2, 0) is 14.3 Å². The van der Waals surface area contributed by atoms with Crippen molar-refractivity contribution in [1.29, 1.82) is 0 Å². The summed E-state index contributed by atoms with van der Waals surface area (Å²) in [5, 5.41) is 0. The number of allylic oxidation sites excluding steroid dienone is 2. The smallest absolute Gasteiger partial charge is 0.320 e. The van der Waals surface area contributed by atoms with E-state index in [1.807, 2.05) is 47.1 Å². The second-order valence-electron chi connectivity index (χ2n) is 9.33. The predicted octanol–water partition coefficient (Wildman–Crippen LogP) is 2.79. The zero-order valence-electron chi connectivity index (χ0n) is 19.6. The number of carbonyl (C=O) groups is 3. The van der Waals surface area contributed by atoms with Crippen molar-refractivity contribution in [2.24, 2.45) is 0 Å². The van der Waals surface area contributed by atoms with E-state index in [4.69, 9.17) is 4.74 Å². The van der Waals surface area contributed by atoms with Crippen LogP contribution in [0.1, 0.15) is 42.7 Å². The van der Waals surface area contributed by atoms with Gasteiger partial charge in [0, 0.05) is 52.1 Å². The van der Waals surface area contributed by atoms with Crippen molar-refractivity contribution in [2.75, 3.05) is 59.0 Å². The summed E-state index contributed by atoms with van der Waals surface area (Å²) in [7, 11) is 0. The Bertz CT molecular complexity index is 861. The number of carbonyl (C=O) groups excluding carboxylic acids is 3. The van der Waals surface area contributed by atoms with Gasteiger partial charge in [0.2, 0.25) is 0 Å². The average molecular weight is 454 g/mol. The zero-order valence-corrected chi connectivity index (χ0v) is 19.6. The second-order valence-corrected chi connectivity index (χ2v) is 9.33. The minimum absolute atomic E-state index is 0.000723. The van der Waals surface area contributed by atoms with E-state index in [2.05, 4.69) is 4.90 Å². The minimum Gasteiger partial charge on any atom is -0.378 e. The Balaban J connectivity index is 1.18. The van der Waals surface area contributed by atoms with Crippen LogP contribution in [0.5, 0.6) is 0 Å². The van der Waals surface area contributed by atoms with Gasteiger partial charge in [-0.25, -0.2) is 4.79 Å². The summed E-state index contributed by atoms with van der Waals surface area (Å²) >= 11 is 0. The fraction of sp³-hybridized carbons (Fsp3) is 0.577. The van der Waals surface area contributed by atoms with Crippen molar-refractivity contribution >= 4 is 17.6 Å². The van der Waals surface area contributed by atoms with E-state index in [9.17, 15) is 14.4 Å². The van der Waals surface area contributed by atoms with E-state index >= 15 is 0 Å². The normalized spacial score (nSPS) is 22.6. The van der Waals surface area contributed by atoms with Crippen molar-refractivity contribution in [3.05, 3.63) is 47.0 Å². The highest BCUT2D eigenvalue weighted by atomic mass is 16.5. The van der Waals surface area contributed by atoms with Crippen LogP contribution in [-0.4, -0.2) is 91.3 Å². The molecule has 0 unspecified atom stereocenters. The Morgan fingerprint density at radius 1 is 0.939 bits per heavy atom. The average Bonchev–Trinajstić information content (AvgIpc) is 2.84. The molecule has 1 saturated carbocycles. The van der Waals surface area contributed by atoms with Crippen LogP contribution in [0.4, 0.5) is 4.79 Å². The molecule has 33 heavy (non-hydrogen) atoms. The number of rotatable bonds is 5. The fourth-order valence-corrected chi connectivity index (χ4v) is 4.88. The first-order valence-electron chi connectivity index (χ1n) is 12.2. The van der Waals surface area contributed by atoms with Gasteiger partial charge in [0.15, 0.2) is 11.6 Å². The van der Waals surface area contributed by atoms with Gasteiger partial charge < -0.3 is 14.5 Å². The molecule has 1 aromatic rings. The van der Waals surface area contributed by atoms with Gasteiger partial charge in [0.25, 0.3) is 0 Å². The SMILES string of the molecule is Cc1ccc(C2CC(=O)C(=CCCCN3CCN(C(=O)N4CCOCC4)CC3)C(=O)C2)cc1. The number of morpholine rings is 1. The van der Waals surface area contributed by atoms with Crippen LogP contribution < -0.4 is 0 Å². The maximum atomic E-state index is 12.6. The Hall–Kier alpha value is -2.51. The summed E-state index contributed by atoms with van der Waals surface area (Å²) < 4.78 is 5.33. The molecule has 0 spiro atoms. The molecule has 0 aromatic heterocycles. The third-order valence-corrected chi connectivity index (χ3v) is 6.96. The molecule has 3 aliphatic rings. The molecule has 178 valence electrons. The van der Waals surface area contributed by atoms with Crippen LogP contribution >= 0.6 is 0 Å². The van der Waals surface area contributed by atoms with Gasteiger partial charge in [0.1, 0.15) is 0 Å². The van der Waals surface area contributed by atoms with E-state index in [0.717, 1.165) is 51.1 Å². The third kappa shape index (κ3) is 6.09. The highest BCUT2D eigenvalue weighted by Crippen LogP contribution is 2.32. The zero-order chi connectivity index (χ0) is 23.2. The van der Waals surface area contributed by atoms with Gasteiger partial charge in [-0.1, -0.05) is 35.9 Å². The number of Topliss-reactive ketones (excluding diaryl/α,β-unsaturated/α-hetero) is 2. The maximum absolute atomic E-state index is 12.6. The quantitative estimate of drug-likeness (QED) is 0.390. The lowest BCUT2D eigenvalue weighted by molar-refractivity contribution is -0.124. The molecule has 2 amide bonds. The van der Waals surface area contributed by atoms with Crippen LogP contribution in [0.3, 0.4) is 0 Å². The molecular formula is C26H35N3O4. The van der Waals surface area contributed by atoms with E-state index < -0.39 is 0 Å². The molecule has 1 aliphatic carbocycles. The molecule has 4 rings (SSSR count). The van der Waals surface area contributed by atoms with Crippen molar-refractivity contribution in [1.82, 2.24) is 14.7 Å². The Morgan fingerprint density at radius 2 is 1.55 bits per heavy atom. The number of ketones is 2. The number of hydrogen-bond acceptors (Lipinski definition) is 5. The summed E-state index contributed by atoms with van der Waals surface area (Å²) in [6, 6.07) is 8.26. The molecule has 0 N–H and O–H groups in total. The van der Waals surface area contributed by atoms with Crippen LogP contribution in [0, 0.1) is 6.92 Å². The molecule has 1 aromatic carbocycles. The Labute approximate surface area is 196 Å². The molecule has 0 radical (unpaired) electrons. The van der Waals surface area contributed by atoms with Gasteiger partial charge >= 0.3 is 6.03 Å². The Kier molecular flexibility index (Phi) is 7.93. The number of amides is 2. The van der Waals surface area contributed by atoms with Crippen molar-refractivity contribution in [3.8, 4) is 0 Å². The molecule has 7 nitrogen and oxygen atoms in total. The minimum atomic E-state index is -0.0212. The first-order chi connectivity index (χ1) is 16.0. The first-order valence-corrected chi connectivity index (χ1v) is 12.2. The summed E-state index contributed by atoms with van der Waals surface area (Å²) in [6.45, 7) is 8.77. The van der Waals surface area contributed by atoms with Gasteiger partial charge in [-0.15, -0.1) is 0 Å². The van der Waals surface area contributed by atoms with Crippen molar-refractivity contribution in [2.45, 2.75) is 38.5 Å². The maximum Gasteiger partial charge on any atom is 0.320 e. The standard InChI is InChI=1S/C26H35N3O4/c1-20-5-7-21(8-6-20)22-18-24(30)23(25(31)19-22)4-2-3-9-27-10-12-28(13-11-27)26(32)29-14-16-33-17-15-29/h4-8,22H,2-3,9-19H2,1H3. The third-order valence-electron chi connectivity index (χ3n) is 6.96. The molecule has 3 fully saturated rings. The summed E-state index contributed by atoms with van der Waals surface area (Å²) in [5.41, 5.74) is 2.66. The number of urea groups is 1. The van der Waals surface area contributed by atoms with E-state index in [0.29, 0.717) is 44.7 Å². The number of benzene rings is 1. The number of hydrogen-bond donors (Lipinski definition) is 0. The lowest BCUT2D eigenvalue weighted by atomic mass is 9.79. The van der Waals surface area contributed by atoms with Gasteiger partial charge in [-0.2, -0.15) is 0 Å². The van der Waals surface area contributed by atoms with Crippen molar-refractivity contribution < 1.29 is 19.1 Å². The highest BCUT2D eigenvalue weighted by molar-refractivity contribution is 6.22. The highest BCUT2D eigenvalue weighted by Gasteiger charge is 2.31. The molecule has 2 aliphatic heterocycles. The van der Waals surface area contributed by atoms with Crippen molar-refractivity contribution in [3.63, 3.8) is 0 Å². The number of piperazine rings is 1. The number of ether oxygens (including phenoxy) is 1. The molecular weight excluding hydrogens is 418 g/mol. The van der Waals surface area contributed by atoms with E-state index in [1.54, 1.807) is 0 Å². The lowest BCUT2D eigenvalue weighted by Gasteiger charge is -2.38.